The van der Waals surface area contributed by atoms with Crippen LogP contribution in [-0.2, 0) is 19.2 Å². The lowest BCUT2D eigenvalue weighted by molar-refractivity contribution is -0.139. The molecule has 5 nitrogen and oxygen atoms in total. The van der Waals surface area contributed by atoms with Crippen LogP contribution < -0.4 is 5.06 Å². The fraction of sp³-hybridized carbons (Fsp3) is 0.500. The molecular weight excluding hydrogens is 318 g/mol. The lowest BCUT2D eigenvalue weighted by Crippen LogP contribution is -2.43. The van der Waals surface area contributed by atoms with Crippen molar-refractivity contribution in [3.05, 3.63) is 42.5 Å². The predicted octanol–water partition coefficient (Wildman–Crippen LogP) is 3.65. The smallest absolute Gasteiger partial charge is 0.333 e. The Labute approximate surface area is 148 Å². The molecule has 2 aliphatic rings. The minimum Gasteiger partial charge on any atom is -0.463 e. The van der Waals surface area contributed by atoms with Crippen LogP contribution in [0.5, 0.6) is 0 Å². The SMILES string of the molecule is C=C(CC1CCC[C@@]2(C)C(=O)N(c3ccccc3)OC12)C(=O)OCC. The fourth-order valence-corrected chi connectivity index (χ4v) is 3.95. The Bertz CT molecular complexity index is 672. The quantitative estimate of drug-likeness (QED) is 0.605. The number of ether oxygens (including phenoxy) is 1. The van der Waals surface area contributed by atoms with E-state index in [-0.39, 0.29) is 23.9 Å². The van der Waals surface area contributed by atoms with E-state index in [0.29, 0.717) is 18.6 Å². The van der Waals surface area contributed by atoms with Gasteiger partial charge in [-0.1, -0.05) is 31.2 Å². The van der Waals surface area contributed by atoms with Crippen LogP contribution >= 0.6 is 0 Å². The highest BCUT2D eigenvalue weighted by Gasteiger charge is 2.57. The van der Waals surface area contributed by atoms with Gasteiger partial charge in [-0.05, 0) is 51.2 Å². The number of benzene rings is 1. The van der Waals surface area contributed by atoms with Crippen molar-refractivity contribution in [2.45, 2.75) is 45.6 Å². The van der Waals surface area contributed by atoms with Gasteiger partial charge in [0.2, 0.25) is 0 Å². The molecule has 0 spiro atoms. The van der Waals surface area contributed by atoms with Crippen LogP contribution in [0, 0.1) is 11.3 Å². The third kappa shape index (κ3) is 3.21. The van der Waals surface area contributed by atoms with Crippen molar-refractivity contribution in [2.75, 3.05) is 11.7 Å². The number of para-hydroxylation sites is 1. The van der Waals surface area contributed by atoms with Gasteiger partial charge < -0.3 is 4.74 Å². The van der Waals surface area contributed by atoms with E-state index >= 15 is 0 Å². The highest BCUT2D eigenvalue weighted by molar-refractivity contribution is 5.98. The Morgan fingerprint density at radius 1 is 1.40 bits per heavy atom. The molecule has 1 saturated carbocycles. The molecule has 1 amide bonds. The number of rotatable bonds is 5. The van der Waals surface area contributed by atoms with Crippen LogP contribution in [0.25, 0.3) is 0 Å². The molecule has 2 fully saturated rings. The maximum absolute atomic E-state index is 13.0. The third-order valence-corrected chi connectivity index (χ3v) is 5.28. The summed E-state index contributed by atoms with van der Waals surface area (Å²) >= 11 is 0. The number of amides is 1. The van der Waals surface area contributed by atoms with Gasteiger partial charge in [0.05, 0.1) is 17.7 Å². The number of hydrogen-bond acceptors (Lipinski definition) is 4. The number of hydroxylamine groups is 1. The van der Waals surface area contributed by atoms with Crippen LogP contribution in [-0.4, -0.2) is 24.6 Å². The molecule has 1 aromatic carbocycles. The molecule has 134 valence electrons. The zero-order chi connectivity index (χ0) is 18.0. The van der Waals surface area contributed by atoms with Gasteiger partial charge in [0.1, 0.15) is 6.10 Å². The Morgan fingerprint density at radius 2 is 2.12 bits per heavy atom. The monoisotopic (exact) mass is 343 g/mol. The summed E-state index contributed by atoms with van der Waals surface area (Å²) in [4.78, 5) is 31.0. The molecule has 1 aliphatic heterocycles. The molecule has 0 N–H and O–H groups in total. The van der Waals surface area contributed by atoms with Crippen LogP contribution in [0.15, 0.2) is 42.5 Å². The normalized spacial score (nSPS) is 28.6. The van der Waals surface area contributed by atoms with Crippen molar-refractivity contribution < 1.29 is 19.2 Å². The first-order valence-electron chi connectivity index (χ1n) is 8.88. The van der Waals surface area contributed by atoms with E-state index in [0.717, 1.165) is 24.9 Å². The first-order chi connectivity index (χ1) is 12.0. The summed E-state index contributed by atoms with van der Waals surface area (Å²) in [6.45, 7) is 7.96. The van der Waals surface area contributed by atoms with Crippen LogP contribution in [0.4, 0.5) is 5.69 Å². The standard InChI is InChI=1S/C20H25NO4/c1-4-24-18(22)14(2)13-15-9-8-12-20(3)17(15)25-21(19(20)23)16-10-6-5-7-11-16/h5-7,10-11,15,17H,2,4,8-9,12-13H2,1,3H3/t15?,17?,20-/m1/s1. The van der Waals surface area contributed by atoms with Crippen molar-refractivity contribution in [2.24, 2.45) is 11.3 Å². The van der Waals surface area contributed by atoms with Crippen molar-refractivity contribution in [3.63, 3.8) is 0 Å². The molecule has 1 aromatic rings. The second-order valence-electron chi connectivity index (χ2n) is 7.06. The summed E-state index contributed by atoms with van der Waals surface area (Å²) in [5.74, 6) is -0.289. The highest BCUT2D eigenvalue weighted by Crippen LogP contribution is 2.49. The Morgan fingerprint density at radius 3 is 2.80 bits per heavy atom. The average molecular weight is 343 g/mol. The van der Waals surface area contributed by atoms with Gasteiger partial charge in [-0.2, -0.15) is 5.06 Å². The number of esters is 1. The van der Waals surface area contributed by atoms with E-state index in [1.807, 2.05) is 37.3 Å². The fourth-order valence-electron chi connectivity index (χ4n) is 3.95. The first kappa shape index (κ1) is 17.7. The molecule has 1 saturated heterocycles. The molecule has 0 bridgehead atoms. The van der Waals surface area contributed by atoms with Gasteiger partial charge in [-0.25, -0.2) is 4.79 Å². The van der Waals surface area contributed by atoms with E-state index in [4.69, 9.17) is 9.57 Å². The van der Waals surface area contributed by atoms with E-state index in [2.05, 4.69) is 6.58 Å². The summed E-state index contributed by atoms with van der Waals surface area (Å²) in [6.07, 6.45) is 2.89. The topological polar surface area (TPSA) is 55.8 Å². The molecule has 1 heterocycles. The van der Waals surface area contributed by atoms with Crippen LogP contribution in [0.1, 0.15) is 39.5 Å². The molecule has 3 atom stereocenters. The molecule has 25 heavy (non-hydrogen) atoms. The van der Waals surface area contributed by atoms with Crippen molar-refractivity contribution >= 4 is 17.6 Å². The molecule has 2 unspecified atom stereocenters. The summed E-state index contributed by atoms with van der Waals surface area (Å²) in [5, 5.41) is 1.43. The van der Waals surface area contributed by atoms with Crippen molar-refractivity contribution in [3.8, 4) is 0 Å². The van der Waals surface area contributed by atoms with Crippen LogP contribution in [0.3, 0.4) is 0 Å². The molecule has 1 aliphatic carbocycles. The van der Waals surface area contributed by atoms with Crippen LogP contribution in [0.2, 0.25) is 0 Å². The molecular formula is C20H25NO4. The summed E-state index contributed by atoms with van der Waals surface area (Å²) in [7, 11) is 0. The molecule has 3 rings (SSSR count). The Balaban J connectivity index is 1.80. The van der Waals surface area contributed by atoms with E-state index in [1.54, 1.807) is 6.92 Å². The number of carbonyl (C=O) groups is 2. The van der Waals surface area contributed by atoms with Gasteiger partial charge >= 0.3 is 5.97 Å². The average Bonchev–Trinajstić information content (AvgIpc) is 2.88. The maximum Gasteiger partial charge on any atom is 0.333 e. The Kier molecular flexibility index (Phi) is 4.95. The van der Waals surface area contributed by atoms with Gasteiger partial charge in [0, 0.05) is 5.57 Å². The van der Waals surface area contributed by atoms with Gasteiger partial charge in [0.25, 0.3) is 5.91 Å². The van der Waals surface area contributed by atoms with Crippen molar-refractivity contribution in [1.29, 1.82) is 0 Å². The summed E-state index contributed by atoms with van der Waals surface area (Å²) in [6, 6.07) is 9.41. The van der Waals surface area contributed by atoms with Gasteiger partial charge in [-0.3, -0.25) is 9.63 Å². The number of anilines is 1. The van der Waals surface area contributed by atoms with Gasteiger partial charge in [0.15, 0.2) is 0 Å². The van der Waals surface area contributed by atoms with Gasteiger partial charge in [-0.15, -0.1) is 0 Å². The van der Waals surface area contributed by atoms with Crippen molar-refractivity contribution in [1.82, 2.24) is 0 Å². The minimum absolute atomic E-state index is 0.00449. The Hall–Kier alpha value is -2.14. The zero-order valence-electron chi connectivity index (χ0n) is 14.9. The third-order valence-electron chi connectivity index (χ3n) is 5.28. The lowest BCUT2D eigenvalue weighted by atomic mass is 9.67. The maximum atomic E-state index is 13.0. The largest absolute Gasteiger partial charge is 0.463 e. The molecule has 0 radical (unpaired) electrons. The second kappa shape index (κ2) is 7.00. The molecule has 0 aromatic heterocycles. The molecule has 5 heteroatoms. The van der Waals surface area contributed by atoms with E-state index in [9.17, 15) is 9.59 Å². The van der Waals surface area contributed by atoms with E-state index in [1.165, 1.54) is 5.06 Å². The highest BCUT2D eigenvalue weighted by atomic mass is 16.7. The first-order valence-corrected chi connectivity index (χ1v) is 8.88. The second-order valence-corrected chi connectivity index (χ2v) is 7.06. The number of nitrogens with zero attached hydrogens (tertiary/aromatic N) is 1. The number of hydrogen-bond donors (Lipinski definition) is 0. The number of fused-ring (bicyclic) bond motifs is 1. The summed E-state index contributed by atoms with van der Waals surface area (Å²) in [5.41, 5.74) is 0.629. The predicted molar refractivity (Wildman–Crippen MR) is 94.6 cm³/mol. The zero-order valence-corrected chi connectivity index (χ0v) is 14.9. The number of carbonyl (C=O) groups excluding carboxylic acids is 2. The lowest BCUT2D eigenvalue weighted by Gasteiger charge is -2.37. The summed E-state index contributed by atoms with van der Waals surface area (Å²) < 4.78 is 5.04. The minimum atomic E-state index is -0.562. The van der Waals surface area contributed by atoms with E-state index < -0.39 is 5.41 Å².